The predicted molar refractivity (Wildman–Crippen MR) is 124 cm³/mol. The summed E-state index contributed by atoms with van der Waals surface area (Å²) >= 11 is 0. The number of hydrogen-bond donors (Lipinski definition) is 3. The van der Waals surface area contributed by atoms with Crippen molar-refractivity contribution in [1.82, 2.24) is 15.0 Å². The molecule has 1 aliphatic carbocycles. The number of rotatable bonds is 0. The van der Waals surface area contributed by atoms with Crippen molar-refractivity contribution in [2.75, 3.05) is 0 Å². The molecule has 0 radical (unpaired) electrons. The Morgan fingerprint density at radius 2 is 1.21 bits per heavy atom. The number of hydrogen-bond acceptors (Lipinski definition) is 0. The van der Waals surface area contributed by atoms with Gasteiger partial charge in [0.25, 0.3) is 0 Å². The molecule has 3 N–H and O–H groups in total. The number of allylic oxidation sites excluding steroid dienone is 2. The topological polar surface area (TPSA) is 47.4 Å². The van der Waals surface area contributed by atoms with Crippen LogP contribution in [0.3, 0.4) is 0 Å². The molecule has 7 rings (SSSR count). The number of H-pyrrole nitrogens is 3. The Morgan fingerprint density at radius 3 is 1.97 bits per heavy atom. The lowest BCUT2D eigenvalue weighted by atomic mass is 10.0. The number of benzene rings is 3. The summed E-state index contributed by atoms with van der Waals surface area (Å²) in [4.78, 5) is 11.2. The molecule has 3 heteroatoms. The third-order valence-electron chi connectivity index (χ3n) is 6.36. The number of aromatic nitrogens is 3. The lowest BCUT2D eigenvalue weighted by Crippen LogP contribution is -1.80. The van der Waals surface area contributed by atoms with E-state index in [4.69, 9.17) is 0 Å². The maximum absolute atomic E-state index is 3.74. The number of aromatic amines is 3. The fourth-order valence-corrected chi connectivity index (χ4v) is 5.02. The first kappa shape index (κ1) is 15.2. The summed E-state index contributed by atoms with van der Waals surface area (Å²) in [6.45, 7) is 2.22. The fraction of sp³-hybridized carbons (Fsp3) is 0.0769. The molecule has 0 amide bonds. The zero-order valence-corrected chi connectivity index (χ0v) is 16.0. The van der Waals surface area contributed by atoms with E-state index in [1.807, 2.05) is 0 Å². The van der Waals surface area contributed by atoms with Crippen LogP contribution in [0.5, 0.6) is 0 Å². The van der Waals surface area contributed by atoms with Gasteiger partial charge < -0.3 is 15.0 Å². The van der Waals surface area contributed by atoms with E-state index in [1.165, 1.54) is 65.8 Å². The van der Waals surface area contributed by atoms with Crippen LogP contribution in [0.1, 0.15) is 18.2 Å². The third kappa shape index (κ3) is 1.87. The van der Waals surface area contributed by atoms with Crippen LogP contribution < -0.4 is 0 Å². The molecule has 29 heavy (non-hydrogen) atoms. The maximum Gasteiger partial charge on any atom is 0.0732 e. The molecule has 1 unspecified atom stereocenters. The molecule has 0 fully saturated rings. The molecule has 1 aliphatic rings. The molecule has 0 spiro atoms. The molecule has 0 aliphatic heterocycles. The zero-order chi connectivity index (χ0) is 19.1. The molecule has 3 nitrogen and oxygen atoms in total. The summed E-state index contributed by atoms with van der Waals surface area (Å²) in [6.07, 6.45) is 9.03. The van der Waals surface area contributed by atoms with Crippen molar-refractivity contribution in [1.29, 1.82) is 0 Å². The van der Waals surface area contributed by atoms with Crippen LogP contribution in [0.15, 0.2) is 60.7 Å². The van der Waals surface area contributed by atoms with Gasteiger partial charge in [-0.1, -0.05) is 61.5 Å². The van der Waals surface area contributed by atoms with E-state index in [9.17, 15) is 0 Å². The summed E-state index contributed by atoms with van der Waals surface area (Å²) in [5.41, 5.74) is 8.35. The average molecular weight is 373 g/mol. The van der Waals surface area contributed by atoms with Crippen LogP contribution in [-0.4, -0.2) is 15.0 Å². The second-order valence-electron chi connectivity index (χ2n) is 8.12. The number of fused-ring (bicyclic) bond motifs is 12. The van der Waals surface area contributed by atoms with E-state index in [0.717, 1.165) is 0 Å². The second kappa shape index (κ2) is 5.21. The van der Waals surface area contributed by atoms with Crippen LogP contribution in [0.25, 0.3) is 66.7 Å². The van der Waals surface area contributed by atoms with E-state index in [1.54, 1.807) is 0 Å². The van der Waals surface area contributed by atoms with Crippen LogP contribution in [0.4, 0.5) is 0 Å². The molecule has 3 aromatic carbocycles. The highest BCUT2D eigenvalue weighted by atomic mass is 14.8. The molecule has 3 heterocycles. The van der Waals surface area contributed by atoms with Crippen LogP contribution >= 0.6 is 0 Å². The number of para-hydroxylation sites is 2. The molecular formula is C26H19N3. The Kier molecular flexibility index (Phi) is 2.73. The predicted octanol–water partition coefficient (Wildman–Crippen LogP) is 7.11. The van der Waals surface area contributed by atoms with Gasteiger partial charge in [0, 0.05) is 49.2 Å². The van der Waals surface area contributed by atoms with Gasteiger partial charge in [-0.3, -0.25) is 0 Å². The van der Waals surface area contributed by atoms with Gasteiger partial charge in [0.15, 0.2) is 0 Å². The van der Waals surface area contributed by atoms with Crippen molar-refractivity contribution in [2.45, 2.75) is 6.92 Å². The summed E-state index contributed by atoms with van der Waals surface area (Å²) in [7, 11) is 0. The van der Waals surface area contributed by atoms with Crippen LogP contribution in [0.2, 0.25) is 0 Å². The molecule has 0 bridgehead atoms. The van der Waals surface area contributed by atoms with Crippen molar-refractivity contribution in [3.05, 3.63) is 71.9 Å². The van der Waals surface area contributed by atoms with Crippen molar-refractivity contribution in [2.24, 2.45) is 5.92 Å². The Bertz CT molecular complexity index is 1670. The zero-order valence-electron chi connectivity index (χ0n) is 16.0. The van der Waals surface area contributed by atoms with Gasteiger partial charge >= 0.3 is 0 Å². The van der Waals surface area contributed by atoms with Crippen LogP contribution in [-0.2, 0) is 0 Å². The Hall–Kier alpha value is -3.72. The van der Waals surface area contributed by atoms with Crippen molar-refractivity contribution >= 4 is 66.7 Å². The van der Waals surface area contributed by atoms with Gasteiger partial charge in [0.1, 0.15) is 0 Å². The van der Waals surface area contributed by atoms with Gasteiger partial charge in [0.05, 0.1) is 16.6 Å². The normalized spacial score (nSPS) is 16.5. The first-order valence-corrected chi connectivity index (χ1v) is 10.1. The maximum atomic E-state index is 3.74. The largest absolute Gasteiger partial charge is 0.354 e. The summed E-state index contributed by atoms with van der Waals surface area (Å²) in [5, 5.41) is 6.40. The third-order valence-corrected chi connectivity index (χ3v) is 6.36. The molecule has 0 saturated heterocycles. The highest BCUT2D eigenvalue weighted by Gasteiger charge is 2.22. The van der Waals surface area contributed by atoms with E-state index in [2.05, 4.69) is 94.7 Å². The number of nitrogens with one attached hydrogen (secondary N) is 3. The van der Waals surface area contributed by atoms with E-state index in [-0.39, 0.29) is 0 Å². The first-order valence-electron chi connectivity index (χ1n) is 10.1. The monoisotopic (exact) mass is 373 g/mol. The highest BCUT2D eigenvalue weighted by Crippen LogP contribution is 2.44. The van der Waals surface area contributed by atoms with Crippen LogP contribution in [0, 0.1) is 5.92 Å². The molecule has 3 aromatic heterocycles. The minimum absolute atomic E-state index is 0.431. The molecule has 6 aromatic rings. The standard InChI is InChI=1S/C26H19N3/c1-14-10-12-17-20(13-11-14)29-26-23(17)24-21(15-6-2-4-8-18(15)27-24)22-16-7-3-5-9-19(16)28-25(22)26/h2-14,27-29H,1H3. The molecular weight excluding hydrogens is 354 g/mol. The quantitative estimate of drug-likeness (QED) is 0.254. The van der Waals surface area contributed by atoms with E-state index < -0.39 is 0 Å². The minimum atomic E-state index is 0.431. The van der Waals surface area contributed by atoms with Gasteiger partial charge in [-0.25, -0.2) is 0 Å². The second-order valence-corrected chi connectivity index (χ2v) is 8.12. The molecule has 138 valence electrons. The van der Waals surface area contributed by atoms with E-state index >= 15 is 0 Å². The van der Waals surface area contributed by atoms with E-state index in [0.29, 0.717) is 5.92 Å². The van der Waals surface area contributed by atoms with Crippen molar-refractivity contribution in [3.63, 3.8) is 0 Å². The highest BCUT2D eigenvalue weighted by molar-refractivity contribution is 6.36. The Morgan fingerprint density at radius 1 is 0.621 bits per heavy atom. The summed E-state index contributed by atoms with van der Waals surface area (Å²) in [5.74, 6) is 0.431. The lowest BCUT2D eigenvalue weighted by Gasteiger charge is -2.02. The Balaban J connectivity index is 1.84. The first-order chi connectivity index (χ1) is 14.3. The fourth-order valence-electron chi connectivity index (χ4n) is 5.02. The Labute approximate surface area is 166 Å². The SMILES string of the molecule is CC1C=Cc2[nH]c3c4[nH]c5ccccc5c4c4c5ccccc5[nH]c4c3c2C=C1. The summed E-state index contributed by atoms with van der Waals surface area (Å²) in [6, 6.07) is 17.2. The molecule has 1 atom stereocenters. The van der Waals surface area contributed by atoms with Crippen molar-refractivity contribution in [3.8, 4) is 0 Å². The van der Waals surface area contributed by atoms with Gasteiger partial charge in [-0.05, 0) is 24.1 Å². The van der Waals surface area contributed by atoms with Crippen molar-refractivity contribution < 1.29 is 0 Å². The lowest BCUT2D eigenvalue weighted by molar-refractivity contribution is 0.953. The molecule has 0 saturated carbocycles. The summed E-state index contributed by atoms with van der Waals surface area (Å²) < 4.78 is 0. The van der Waals surface area contributed by atoms with Gasteiger partial charge in [-0.2, -0.15) is 0 Å². The van der Waals surface area contributed by atoms with Gasteiger partial charge in [0.2, 0.25) is 0 Å². The van der Waals surface area contributed by atoms with Gasteiger partial charge in [-0.15, -0.1) is 0 Å². The smallest absolute Gasteiger partial charge is 0.0732 e. The average Bonchev–Trinajstić information content (AvgIpc) is 3.38. The minimum Gasteiger partial charge on any atom is -0.354 e.